The SMILES string of the molecule is CCNC(=NCC1(CCOC)CCC1)NCCCN(C)S(=O)(=O)CC. The van der Waals surface area contributed by atoms with E-state index in [4.69, 9.17) is 9.73 Å². The first-order valence-corrected chi connectivity index (χ1v) is 10.9. The second kappa shape index (κ2) is 11.0. The van der Waals surface area contributed by atoms with Crippen LogP contribution in [0.15, 0.2) is 4.99 Å². The number of hydrogen-bond donors (Lipinski definition) is 2. The number of nitrogens with zero attached hydrogens (tertiary/aromatic N) is 2. The van der Waals surface area contributed by atoms with Crippen molar-refractivity contribution in [2.45, 2.75) is 46.0 Å². The minimum atomic E-state index is -3.10. The molecule has 8 heteroatoms. The summed E-state index contributed by atoms with van der Waals surface area (Å²) in [6, 6.07) is 0. The summed E-state index contributed by atoms with van der Waals surface area (Å²) >= 11 is 0. The first-order valence-electron chi connectivity index (χ1n) is 9.34. The van der Waals surface area contributed by atoms with Gasteiger partial charge in [0.1, 0.15) is 0 Å². The Morgan fingerprint density at radius 2 is 2.00 bits per heavy atom. The Hall–Kier alpha value is -0.860. The van der Waals surface area contributed by atoms with Gasteiger partial charge in [-0.3, -0.25) is 4.99 Å². The first kappa shape index (κ1) is 22.2. The molecule has 0 heterocycles. The molecule has 1 saturated carbocycles. The Labute approximate surface area is 153 Å². The molecular weight excluding hydrogens is 340 g/mol. The maximum atomic E-state index is 11.7. The molecule has 0 aliphatic heterocycles. The summed E-state index contributed by atoms with van der Waals surface area (Å²) < 4.78 is 30.1. The van der Waals surface area contributed by atoms with Gasteiger partial charge in [0, 0.05) is 46.9 Å². The van der Waals surface area contributed by atoms with Crippen molar-refractivity contribution in [3.05, 3.63) is 0 Å². The molecule has 7 nitrogen and oxygen atoms in total. The largest absolute Gasteiger partial charge is 0.385 e. The van der Waals surface area contributed by atoms with Gasteiger partial charge in [-0.25, -0.2) is 12.7 Å². The maximum absolute atomic E-state index is 11.7. The molecule has 0 aromatic heterocycles. The summed E-state index contributed by atoms with van der Waals surface area (Å²) in [6.45, 7) is 7.33. The summed E-state index contributed by atoms with van der Waals surface area (Å²) in [6.07, 6.45) is 5.53. The third-order valence-corrected chi connectivity index (χ3v) is 6.81. The molecule has 0 aromatic rings. The van der Waals surface area contributed by atoms with Crippen LogP contribution in [0.25, 0.3) is 0 Å². The lowest BCUT2D eigenvalue weighted by Gasteiger charge is -2.40. The molecule has 0 bridgehead atoms. The maximum Gasteiger partial charge on any atom is 0.213 e. The highest BCUT2D eigenvalue weighted by Gasteiger charge is 2.36. The number of sulfonamides is 1. The lowest BCUT2D eigenvalue weighted by atomic mass is 9.67. The van der Waals surface area contributed by atoms with E-state index in [2.05, 4.69) is 10.6 Å². The van der Waals surface area contributed by atoms with Crippen LogP contribution in [-0.2, 0) is 14.8 Å². The van der Waals surface area contributed by atoms with E-state index in [1.807, 2.05) is 6.92 Å². The van der Waals surface area contributed by atoms with Gasteiger partial charge in [-0.1, -0.05) is 6.42 Å². The molecule has 1 aliphatic carbocycles. The van der Waals surface area contributed by atoms with Crippen molar-refractivity contribution in [3.63, 3.8) is 0 Å². The van der Waals surface area contributed by atoms with Crippen LogP contribution < -0.4 is 10.6 Å². The Morgan fingerprint density at radius 1 is 1.28 bits per heavy atom. The number of guanidine groups is 1. The summed E-state index contributed by atoms with van der Waals surface area (Å²) in [5.41, 5.74) is 0.299. The summed E-state index contributed by atoms with van der Waals surface area (Å²) in [4.78, 5) is 4.75. The van der Waals surface area contributed by atoms with Gasteiger partial charge in [0.15, 0.2) is 5.96 Å². The predicted molar refractivity (Wildman–Crippen MR) is 103 cm³/mol. The molecule has 1 rings (SSSR count). The van der Waals surface area contributed by atoms with Crippen molar-refractivity contribution in [1.29, 1.82) is 0 Å². The number of aliphatic imine (C=N–C) groups is 1. The van der Waals surface area contributed by atoms with Crippen LogP contribution in [0.1, 0.15) is 46.0 Å². The van der Waals surface area contributed by atoms with E-state index in [0.717, 1.165) is 38.5 Å². The van der Waals surface area contributed by atoms with Crippen LogP contribution >= 0.6 is 0 Å². The Balaban J connectivity index is 2.43. The Bertz CT molecular complexity index is 504. The third kappa shape index (κ3) is 7.50. The monoisotopic (exact) mass is 376 g/mol. The van der Waals surface area contributed by atoms with Crippen molar-refractivity contribution >= 4 is 16.0 Å². The molecule has 0 amide bonds. The van der Waals surface area contributed by atoms with E-state index >= 15 is 0 Å². The Morgan fingerprint density at radius 3 is 2.52 bits per heavy atom. The van der Waals surface area contributed by atoms with Crippen molar-refractivity contribution in [3.8, 4) is 0 Å². The topological polar surface area (TPSA) is 83.0 Å². The average Bonchev–Trinajstić information content (AvgIpc) is 2.56. The van der Waals surface area contributed by atoms with Crippen molar-refractivity contribution < 1.29 is 13.2 Å². The zero-order valence-corrected chi connectivity index (χ0v) is 17.1. The highest BCUT2D eigenvalue weighted by molar-refractivity contribution is 7.89. The zero-order valence-electron chi connectivity index (χ0n) is 16.3. The van der Waals surface area contributed by atoms with E-state index < -0.39 is 10.0 Å². The average molecular weight is 377 g/mol. The van der Waals surface area contributed by atoms with Crippen molar-refractivity contribution in [2.75, 3.05) is 52.7 Å². The standard InChI is InChI=1S/C17H36N4O3S/c1-5-18-16(19-12-8-13-21(3)25(22,23)6-2)20-15-17(9-7-10-17)11-14-24-4/h5-15H2,1-4H3,(H2,18,19,20). The van der Waals surface area contributed by atoms with Gasteiger partial charge in [0.05, 0.1) is 5.75 Å². The van der Waals surface area contributed by atoms with Gasteiger partial charge in [0.25, 0.3) is 0 Å². The fourth-order valence-corrected chi connectivity index (χ4v) is 3.79. The summed E-state index contributed by atoms with van der Waals surface area (Å²) in [5.74, 6) is 0.956. The van der Waals surface area contributed by atoms with E-state index in [0.29, 0.717) is 18.5 Å². The fourth-order valence-electron chi connectivity index (χ4n) is 2.94. The molecule has 0 unspecified atom stereocenters. The van der Waals surface area contributed by atoms with E-state index in [-0.39, 0.29) is 5.75 Å². The van der Waals surface area contributed by atoms with Crippen LogP contribution in [-0.4, -0.2) is 71.4 Å². The second-order valence-electron chi connectivity index (χ2n) is 6.79. The number of ether oxygens (including phenoxy) is 1. The highest BCUT2D eigenvalue weighted by Crippen LogP contribution is 2.44. The van der Waals surface area contributed by atoms with Gasteiger partial charge >= 0.3 is 0 Å². The minimum absolute atomic E-state index is 0.143. The lowest BCUT2D eigenvalue weighted by molar-refractivity contribution is 0.0778. The van der Waals surface area contributed by atoms with Crippen molar-refractivity contribution in [2.24, 2.45) is 10.4 Å². The zero-order chi connectivity index (χ0) is 18.8. The van der Waals surface area contributed by atoms with Crippen LogP contribution in [0.2, 0.25) is 0 Å². The molecule has 1 aliphatic rings. The van der Waals surface area contributed by atoms with Crippen LogP contribution in [0.3, 0.4) is 0 Å². The molecule has 0 atom stereocenters. The highest BCUT2D eigenvalue weighted by atomic mass is 32.2. The lowest BCUT2D eigenvalue weighted by Crippen LogP contribution is -2.41. The van der Waals surface area contributed by atoms with Crippen LogP contribution in [0.4, 0.5) is 0 Å². The van der Waals surface area contributed by atoms with Gasteiger partial charge in [-0.15, -0.1) is 0 Å². The third-order valence-electron chi connectivity index (χ3n) is 4.95. The predicted octanol–water partition coefficient (Wildman–Crippen LogP) is 1.42. The molecule has 0 radical (unpaired) electrons. The first-order chi connectivity index (χ1) is 11.9. The molecule has 148 valence electrons. The second-order valence-corrected chi connectivity index (χ2v) is 9.16. The van der Waals surface area contributed by atoms with Gasteiger partial charge < -0.3 is 15.4 Å². The van der Waals surface area contributed by atoms with Gasteiger partial charge in [-0.2, -0.15) is 0 Å². The van der Waals surface area contributed by atoms with Crippen LogP contribution in [0, 0.1) is 5.41 Å². The number of hydrogen-bond acceptors (Lipinski definition) is 4. The number of methoxy groups -OCH3 is 1. The molecule has 1 fully saturated rings. The van der Waals surface area contributed by atoms with E-state index in [1.165, 1.54) is 23.6 Å². The number of nitrogens with one attached hydrogen (secondary N) is 2. The van der Waals surface area contributed by atoms with Crippen LogP contribution in [0.5, 0.6) is 0 Å². The molecular formula is C17H36N4O3S. The quantitative estimate of drug-likeness (QED) is 0.306. The van der Waals surface area contributed by atoms with E-state index in [9.17, 15) is 8.42 Å². The van der Waals surface area contributed by atoms with Gasteiger partial charge in [-0.05, 0) is 44.9 Å². The summed E-state index contributed by atoms with van der Waals surface area (Å²) in [5, 5.41) is 6.57. The normalized spacial score (nSPS) is 17.4. The summed E-state index contributed by atoms with van der Waals surface area (Å²) in [7, 11) is 0.285. The number of rotatable bonds is 12. The molecule has 25 heavy (non-hydrogen) atoms. The smallest absolute Gasteiger partial charge is 0.213 e. The molecule has 0 spiro atoms. The fraction of sp³-hybridized carbons (Fsp3) is 0.941. The molecule has 0 saturated heterocycles. The Kier molecular flexibility index (Phi) is 9.74. The van der Waals surface area contributed by atoms with E-state index in [1.54, 1.807) is 21.1 Å². The minimum Gasteiger partial charge on any atom is -0.385 e. The molecule has 2 N–H and O–H groups in total. The van der Waals surface area contributed by atoms with Crippen molar-refractivity contribution in [1.82, 2.24) is 14.9 Å². The molecule has 0 aromatic carbocycles. The van der Waals surface area contributed by atoms with Gasteiger partial charge in [0.2, 0.25) is 10.0 Å².